The van der Waals surface area contributed by atoms with E-state index in [0.29, 0.717) is 5.69 Å². The molecule has 0 aliphatic rings. The Morgan fingerprint density at radius 2 is 2.27 bits per heavy atom. The van der Waals surface area contributed by atoms with Crippen LogP contribution in [0.4, 0.5) is 0 Å². The fraction of sp³-hybridized carbons (Fsp3) is 0.125. The van der Waals surface area contributed by atoms with Crippen molar-refractivity contribution in [3.05, 3.63) is 23.3 Å². The lowest BCUT2D eigenvalue weighted by atomic mass is 10.4. The molecule has 0 saturated carbocycles. The van der Waals surface area contributed by atoms with E-state index in [1.54, 1.807) is 0 Å². The number of aromatic amines is 1. The monoisotopic (exact) mass is 262 g/mol. The molecule has 1 N–H and O–H groups in total. The molecular formula is C8H7ClN2O2S2. The number of thiazole rings is 1. The molecule has 0 aromatic carbocycles. The molecule has 0 bridgehead atoms. The van der Waals surface area contributed by atoms with Gasteiger partial charge in [-0.1, -0.05) is 0 Å². The van der Waals surface area contributed by atoms with E-state index in [4.69, 9.17) is 10.7 Å². The number of aryl methyl sites for hydroxylation is 1. The highest BCUT2D eigenvalue weighted by Gasteiger charge is 2.14. The molecule has 0 aliphatic heterocycles. The van der Waals surface area contributed by atoms with Gasteiger partial charge < -0.3 is 4.98 Å². The van der Waals surface area contributed by atoms with Crippen LogP contribution in [0.5, 0.6) is 0 Å². The third-order valence-electron chi connectivity index (χ3n) is 1.79. The summed E-state index contributed by atoms with van der Waals surface area (Å²) in [5, 5.41) is 2.64. The average Bonchev–Trinajstić information content (AvgIpc) is 2.69. The molecule has 2 rings (SSSR count). The zero-order valence-corrected chi connectivity index (χ0v) is 10.1. The van der Waals surface area contributed by atoms with Crippen LogP contribution in [0.15, 0.2) is 22.5 Å². The van der Waals surface area contributed by atoms with E-state index in [9.17, 15) is 8.42 Å². The number of aromatic nitrogens is 2. The first-order valence-corrected chi connectivity index (χ1v) is 7.21. The van der Waals surface area contributed by atoms with Crippen LogP contribution in [-0.2, 0) is 9.05 Å². The molecule has 2 aromatic rings. The highest BCUT2D eigenvalue weighted by Crippen LogP contribution is 2.25. The van der Waals surface area contributed by atoms with Gasteiger partial charge in [0.2, 0.25) is 0 Å². The minimum Gasteiger partial charge on any atom is -0.358 e. The molecule has 0 aliphatic carbocycles. The third kappa shape index (κ3) is 2.22. The SMILES string of the molecule is Cc1csc(-c2cc(S(=O)(=O)Cl)c[nH]2)n1. The molecule has 0 fully saturated rings. The second-order valence-electron chi connectivity index (χ2n) is 2.98. The van der Waals surface area contributed by atoms with E-state index >= 15 is 0 Å². The van der Waals surface area contributed by atoms with Gasteiger partial charge in [-0.25, -0.2) is 13.4 Å². The van der Waals surface area contributed by atoms with E-state index in [0.717, 1.165) is 10.7 Å². The fourth-order valence-corrected chi connectivity index (χ4v) is 2.62. The van der Waals surface area contributed by atoms with Gasteiger partial charge in [-0.15, -0.1) is 11.3 Å². The van der Waals surface area contributed by atoms with Crippen LogP contribution in [0.2, 0.25) is 0 Å². The van der Waals surface area contributed by atoms with Gasteiger partial charge in [0, 0.05) is 28.0 Å². The highest BCUT2D eigenvalue weighted by molar-refractivity contribution is 8.13. The van der Waals surface area contributed by atoms with Crippen molar-refractivity contribution >= 4 is 31.1 Å². The van der Waals surface area contributed by atoms with Gasteiger partial charge in [0.25, 0.3) is 9.05 Å². The maximum absolute atomic E-state index is 11.0. The van der Waals surface area contributed by atoms with E-state index in [2.05, 4.69) is 9.97 Å². The summed E-state index contributed by atoms with van der Waals surface area (Å²) >= 11 is 1.45. The first-order valence-electron chi connectivity index (χ1n) is 4.02. The maximum Gasteiger partial charge on any atom is 0.262 e. The van der Waals surface area contributed by atoms with E-state index in [1.165, 1.54) is 23.6 Å². The van der Waals surface area contributed by atoms with E-state index in [-0.39, 0.29) is 4.90 Å². The second-order valence-corrected chi connectivity index (χ2v) is 6.40. The van der Waals surface area contributed by atoms with Crippen molar-refractivity contribution < 1.29 is 8.42 Å². The average molecular weight is 263 g/mol. The summed E-state index contributed by atoms with van der Waals surface area (Å²) in [5.74, 6) is 0. The van der Waals surface area contributed by atoms with Gasteiger partial charge >= 0.3 is 0 Å². The van der Waals surface area contributed by atoms with Crippen LogP contribution < -0.4 is 0 Å². The smallest absolute Gasteiger partial charge is 0.262 e. The number of hydrogen-bond donors (Lipinski definition) is 1. The summed E-state index contributed by atoms with van der Waals surface area (Å²) in [4.78, 5) is 7.11. The van der Waals surface area contributed by atoms with Gasteiger partial charge in [0.15, 0.2) is 0 Å². The molecule has 15 heavy (non-hydrogen) atoms. The second kappa shape index (κ2) is 3.62. The minimum absolute atomic E-state index is 0.0621. The lowest BCUT2D eigenvalue weighted by Crippen LogP contribution is -1.85. The highest BCUT2D eigenvalue weighted by atomic mass is 35.7. The number of rotatable bonds is 2. The molecular weight excluding hydrogens is 256 g/mol. The van der Waals surface area contributed by atoms with Crippen molar-refractivity contribution in [1.82, 2.24) is 9.97 Å². The van der Waals surface area contributed by atoms with Crippen molar-refractivity contribution in [3.63, 3.8) is 0 Å². The molecule has 4 nitrogen and oxygen atoms in total. The Hall–Kier alpha value is -0.850. The van der Waals surface area contributed by atoms with Crippen molar-refractivity contribution in [2.45, 2.75) is 11.8 Å². The van der Waals surface area contributed by atoms with E-state index < -0.39 is 9.05 Å². The molecule has 80 valence electrons. The Kier molecular flexibility index (Phi) is 2.57. The zero-order chi connectivity index (χ0) is 11.1. The quantitative estimate of drug-likeness (QED) is 0.845. The Labute approximate surface area is 95.4 Å². The fourth-order valence-electron chi connectivity index (χ4n) is 1.12. The molecule has 0 unspecified atom stereocenters. The van der Waals surface area contributed by atoms with Crippen molar-refractivity contribution in [2.24, 2.45) is 0 Å². The molecule has 0 spiro atoms. The van der Waals surface area contributed by atoms with Crippen LogP contribution in [-0.4, -0.2) is 18.4 Å². The standard InChI is InChI=1S/C8H7ClN2O2S2/c1-5-4-14-8(11-5)7-2-6(3-10-7)15(9,12)13/h2-4,10H,1H3. The molecule has 2 heterocycles. The zero-order valence-electron chi connectivity index (χ0n) is 7.69. The Morgan fingerprint density at radius 1 is 1.53 bits per heavy atom. The van der Waals surface area contributed by atoms with Gasteiger partial charge in [0.05, 0.1) is 5.69 Å². The topological polar surface area (TPSA) is 62.8 Å². The Balaban J connectivity index is 2.44. The number of nitrogens with zero attached hydrogens (tertiary/aromatic N) is 1. The predicted molar refractivity (Wildman–Crippen MR) is 59.7 cm³/mol. The summed E-state index contributed by atoms with van der Waals surface area (Å²) < 4.78 is 22.0. The summed E-state index contributed by atoms with van der Waals surface area (Å²) in [6.45, 7) is 1.88. The summed E-state index contributed by atoms with van der Waals surface area (Å²) in [6, 6.07) is 1.47. The van der Waals surface area contributed by atoms with Crippen LogP contribution in [0.1, 0.15) is 5.69 Å². The largest absolute Gasteiger partial charge is 0.358 e. The van der Waals surface area contributed by atoms with Crippen molar-refractivity contribution in [1.29, 1.82) is 0 Å². The molecule has 0 atom stereocenters. The maximum atomic E-state index is 11.0. The first-order chi connectivity index (χ1) is 6.97. The number of nitrogens with one attached hydrogen (secondary N) is 1. The Bertz CT molecular complexity index is 585. The van der Waals surface area contributed by atoms with Gasteiger partial charge in [-0.2, -0.15) is 0 Å². The summed E-state index contributed by atoms with van der Waals surface area (Å²) in [7, 11) is 1.53. The lowest BCUT2D eigenvalue weighted by molar-refractivity contribution is 0.609. The molecule has 0 radical (unpaired) electrons. The number of H-pyrrole nitrogens is 1. The van der Waals surface area contributed by atoms with Gasteiger partial charge in [-0.05, 0) is 13.0 Å². The van der Waals surface area contributed by atoms with Crippen LogP contribution in [0, 0.1) is 6.92 Å². The third-order valence-corrected chi connectivity index (χ3v) is 4.11. The lowest BCUT2D eigenvalue weighted by Gasteiger charge is -1.87. The van der Waals surface area contributed by atoms with Gasteiger partial charge in [-0.3, -0.25) is 0 Å². The molecule has 0 saturated heterocycles. The van der Waals surface area contributed by atoms with Crippen LogP contribution in [0.25, 0.3) is 10.7 Å². The van der Waals surface area contributed by atoms with Crippen LogP contribution in [0.3, 0.4) is 0 Å². The first kappa shape index (κ1) is 10.7. The van der Waals surface area contributed by atoms with Crippen molar-refractivity contribution in [3.8, 4) is 10.7 Å². The molecule has 7 heteroatoms. The molecule has 2 aromatic heterocycles. The predicted octanol–water partition coefficient (Wildman–Crippen LogP) is 2.37. The van der Waals surface area contributed by atoms with Crippen LogP contribution >= 0.6 is 22.0 Å². The van der Waals surface area contributed by atoms with Crippen molar-refractivity contribution in [2.75, 3.05) is 0 Å². The Morgan fingerprint density at radius 3 is 2.73 bits per heavy atom. The normalized spacial score (nSPS) is 11.9. The number of hydrogen-bond acceptors (Lipinski definition) is 4. The minimum atomic E-state index is -3.67. The summed E-state index contributed by atoms with van der Waals surface area (Å²) in [6.07, 6.45) is 1.36. The van der Waals surface area contributed by atoms with E-state index in [1.807, 2.05) is 12.3 Å². The van der Waals surface area contributed by atoms with Gasteiger partial charge in [0.1, 0.15) is 9.90 Å². The molecule has 0 amide bonds. The summed E-state index contributed by atoms with van der Waals surface area (Å²) in [5.41, 5.74) is 1.56. The number of halogens is 1.